The highest BCUT2D eigenvalue weighted by Crippen LogP contribution is 2.18. The van der Waals surface area contributed by atoms with Gasteiger partial charge in [0.25, 0.3) is 0 Å². The number of hydrogen-bond acceptors (Lipinski definition) is 5. The summed E-state index contributed by atoms with van der Waals surface area (Å²) in [6, 6.07) is 14.5. The van der Waals surface area contributed by atoms with Crippen molar-refractivity contribution >= 4 is 22.5 Å². The summed E-state index contributed by atoms with van der Waals surface area (Å²) in [4.78, 5) is 25.2. The first kappa shape index (κ1) is 17.4. The molecule has 1 fully saturated rings. The first-order valence-corrected chi connectivity index (χ1v) is 9.26. The van der Waals surface area contributed by atoms with Crippen molar-refractivity contribution in [2.45, 2.75) is 6.54 Å². The van der Waals surface area contributed by atoms with Gasteiger partial charge < -0.3 is 10.2 Å². The Balaban J connectivity index is 1.28. The van der Waals surface area contributed by atoms with Crippen LogP contribution in [0.4, 0.5) is 5.82 Å². The van der Waals surface area contributed by atoms with Gasteiger partial charge in [0.05, 0.1) is 12.7 Å². The van der Waals surface area contributed by atoms with E-state index < -0.39 is 0 Å². The lowest BCUT2D eigenvalue weighted by molar-refractivity contribution is -0.122. The molecule has 2 heterocycles. The Labute approximate surface area is 158 Å². The van der Waals surface area contributed by atoms with Crippen molar-refractivity contribution in [2.75, 3.05) is 37.6 Å². The maximum atomic E-state index is 12.4. The largest absolute Gasteiger partial charge is 0.353 e. The van der Waals surface area contributed by atoms with Gasteiger partial charge in [-0.15, -0.1) is 0 Å². The number of amides is 1. The van der Waals surface area contributed by atoms with Gasteiger partial charge in [-0.2, -0.15) is 0 Å². The smallest absolute Gasteiger partial charge is 0.234 e. The third-order valence-corrected chi connectivity index (χ3v) is 4.97. The van der Waals surface area contributed by atoms with Crippen LogP contribution in [-0.4, -0.2) is 53.5 Å². The van der Waals surface area contributed by atoms with E-state index in [2.05, 4.69) is 49.4 Å². The second-order valence-electron chi connectivity index (χ2n) is 6.74. The Morgan fingerprint density at radius 1 is 1.00 bits per heavy atom. The predicted octanol–water partition coefficient (Wildman–Crippen LogP) is 2.07. The van der Waals surface area contributed by atoms with Gasteiger partial charge in [-0.05, 0) is 16.3 Å². The van der Waals surface area contributed by atoms with Crippen molar-refractivity contribution in [3.8, 4) is 0 Å². The molecule has 1 N–H and O–H groups in total. The Bertz CT molecular complexity index is 901. The van der Waals surface area contributed by atoms with E-state index in [1.807, 2.05) is 18.2 Å². The molecule has 27 heavy (non-hydrogen) atoms. The van der Waals surface area contributed by atoms with Gasteiger partial charge >= 0.3 is 0 Å². The molecule has 1 aliphatic rings. The molecular formula is C21H23N5O. The predicted molar refractivity (Wildman–Crippen MR) is 106 cm³/mol. The van der Waals surface area contributed by atoms with E-state index in [-0.39, 0.29) is 5.91 Å². The summed E-state index contributed by atoms with van der Waals surface area (Å²) in [7, 11) is 0. The number of rotatable bonds is 5. The van der Waals surface area contributed by atoms with Crippen molar-refractivity contribution in [2.24, 2.45) is 0 Å². The fraction of sp³-hybridized carbons (Fsp3) is 0.286. The van der Waals surface area contributed by atoms with Crippen LogP contribution >= 0.6 is 0 Å². The highest BCUT2D eigenvalue weighted by molar-refractivity contribution is 5.86. The maximum absolute atomic E-state index is 12.4. The van der Waals surface area contributed by atoms with Gasteiger partial charge in [0.2, 0.25) is 5.91 Å². The molecule has 1 aliphatic heterocycles. The molecule has 0 atom stereocenters. The van der Waals surface area contributed by atoms with E-state index in [1.54, 1.807) is 18.6 Å². The van der Waals surface area contributed by atoms with Crippen LogP contribution in [0.3, 0.4) is 0 Å². The monoisotopic (exact) mass is 361 g/mol. The summed E-state index contributed by atoms with van der Waals surface area (Å²) in [6.45, 7) is 4.39. The lowest BCUT2D eigenvalue weighted by Gasteiger charge is -2.34. The molecule has 0 saturated carbocycles. The van der Waals surface area contributed by atoms with Crippen molar-refractivity contribution in [1.82, 2.24) is 20.2 Å². The van der Waals surface area contributed by atoms with Crippen molar-refractivity contribution in [3.63, 3.8) is 0 Å². The van der Waals surface area contributed by atoms with Crippen molar-refractivity contribution < 1.29 is 4.79 Å². The second kappa shape index (κ2) is 8.14. The minimum Gasteiger partial charge on any atom is -0.353 e. The third kappa shape index (κ3) is 4.23. The van der Waals surface area contributed by atoms with E-state index >= 15 is 0 Å². The number of benzene rings is 2. The summed E-state index contributed by atoms with van der Waals surface area (Å²) in [6.07, 6.45) is 5.18. The summed E-state index contributed by atoms with van der Waals surface area (Å²) < 4.78 is 0. The molecule has 0 spiro atoms. The molecule has 1 aromatic heterocycles. The van der Waals surface area contributed by atoms with Gasteiger partial charge in [-0.25, -0.2) is 4.98 Å². The lowest BCUT2D eigenvalue weighted by atomic mass is 10.0. The van der Waals surface area contributed by atoms with Crippen LogP contribution in [0.1, 0.15) is 5.56 Å². The fourth-order valence-electron chi connectivity index (χ4n) is 3.49. The Morgan fingerprint density at radius 2 is 1.81 bits per heavy atom. The minimum absolute atomic E-state index is 0.0656. The summed E-state index contributed by atoms with van der Waals surface area (Å²) in [5, 5.41) is 5.46. The molecule has 1 saturated heterocycles. The molecular weight excluding hydrogens is 338 g/mol. The van der Waals surface area contributed by atoms with Crippen LogP contribution in [0.5, 0.6) is 0 Å². The van der Waals surface area contributed by atoms with Crippen LogP contribution in [-0.2, 0) is 11.3 Å². The third-order valence-electron chi connectivity index (χ3n) is 4.97. The minimum atomic E-state index is 0.0656. The van der Waals surface area contributed by atoms with E-state index in [0.717, 1.165) is 37.6 Å². The molecule has 138 valence electrons. The molecule has 0 unspecified atom stereocenters. The van der Waals surface area contributed by atoms with Crippen LogP contribution in [0.2, 0.25) is 0 Å². The zero-order chi connectivity index (χ0) is 18.5. The number of carbonyl (C=O) groups excluding carboxylic acids is 1. The number of fused-ring (bicyclic) bond motifs is 1. The van der Waals surface area contributed by atoms with Crippen LogP contribution < -0.4 is 10.2 Å². The van der Waals surface area contributed by atoms with Crippen LogP contribution in [0.25, 0.3) is 10.8 Å². The molecule has 6 heteroatoms. The molecule has 0 radical (unpaired) electrons. The van der Waals surface area contributed by atoms with E-state index in [4.69, 9.17) is 0 Å². The first-order valence-electron chi connectivity index (χ1n) is 9.26. The van der Waals surface area contributed by atoms with Gasteiger partial charge in [0.15, 0.2) is 0 Å². The molecule has 0 bridgehead atoms. The number of anilines is 1. The quantitative estimate of drug-likeness (QED) is 0.754. The molecule has 1 amide bonds. The summed E-state index contributed by atoms with van der Waals surface area (Å²) >= 11 is 0. The average molecular weight is 361 g/mol. The molecule has 3 aromatic rings. The number of aromatic nitrogens is 2. The van der Waals surface area contributed by atoms with Crippen LogP contribution in [0.15, 0.2) is 61.1 Å². The Kier molecular flexibility index (Phi) is 5.25. The Morgan fingerprint density at radius 3 is 2.63 bits per heavy atom. The van der Waals surface area contributed by atoms with Gasteiger partial charge in [-0.3, -0.25) is 14.7 Å². The first-order chi connectivity index (χ1) is 13.3. The number of piperazine rings is 1. The SMILES string of the molecule is O=C(CN1CCN(c2cnccn2)CC1)NCc1cccc2ccccc12. The number of nitrogens with zero attached hydrogens (tertiary/aromatic N) is 4. The van der Waals surface area contributed by atoms with E-state index in [1.165, 1.54) is 10.8 Å². The molecule has 2 aromatic carbocycles. The average Bonchev–Trinajstić information content (AvgIpc) is 2.73. The molecule has 0 aliphatic carbocycles. The topological polar surface area (TPSA) is 61.4 Å². The number of hydrogen-bond donors (Lipinski definition) is 1. The van der Waals surface area contributed by atoms with Crippen molar-refractivity contribution in [3.05, 3.63) is 66.6 Å². The Hall–Kier alpha value is -2.99. The zero-order valence-electron chi connectivity index (χ0n) is 15.2. The highest BCUT2D eigenvalue weighted by atomic mass is 16.2. The van der Waals surface area contributed by atoms with Gasteiger partial charge in [0.1, 0.15) is 5.82 Å². The fourth-order valence-corrected chi connectivity index (χ4v) is 3.49. The lowest BCUT2D eigenvalue weighted by Crippen LogP contribution is -2.49. The normalized spacial score (nSPS) is 15.0. The number of carbonyl (C=O) groups is 1. The van der Waals surface area contributed by atoms with Crippen LogP contribution in [0, 0.1) is 0 Å². The summed E-state index contributed by atoms with van der Waals surface area (Å²) in [5.41, 5.74) is 1.15. The zero-order valence-corrected chi connectivity index (χ0v) is 15.2. The molecule has 6 nitrogen and oxygen atoms in total. The van der Waals surface area contributed by atoms with Crippen molar-refractivity contribution in [1.29, 1.82) is 0 Å². The molecule has 4 rings (SSSR count). The summed E-state index contributed by atoms with van der Waals surface area (Å²) in [5.74, 6) is 0.966. The van der Waals surface area contributed by atoms with E-state index in [9.17, 15) is 4.79 Å². The van der Waals surface area contributed by atoms with Gasteiger partial charge in [0, 0.05) is 45.1 Å². The van der Waals surface area contributed by atoms with Gasteiger partial charge in [-0.1, -0.05) is 42.5 Å². The second-order valence-corrected chi connectivity index (χ2v) is 6.74. The highest BCUT2D eigenvalue weighted by Gasteiger charge is 2.19. The standard InChI is InChI=1S/C21H23N5O/c27-21(24-14-18-6-3-5-17-4-1-2-7-19(17)18)16-25-10-12-26(13-11-25)20-15-22-8-9-23-20/h1-9,15H,10-14,16H2,(H,24,27). The maximum Gasteiger partial charge on any atom is 0.234 e. The van der Waals surface area contributed by atoms with E-state index in [0.29, 0.717) is 13.1 Å². The number of nitrogens with one attached hydrogen (secondary N) is 1.